The quantitative estimate of drug-likeness (QED) is 0.368. The summed E-state index contributed by atoms with van der Waals surface area (Å²) < 4.78 is 5.21. The molecule has 33 heavy (non-hydrogen) atoms. The predicted molar refractivity (Wildman–Crippen MR) is 130 cm³/mol. The number of ether oxygens (including phenoxy) is 1. The van der Waals surface area contributed by atoms with Crippen LogP contribution in [0.15, 0.2) is 83.9 Å². The summed E-state index contributed by atoms with van der Waals surface area (Å²) >= 11 is 0. The minimum Gasteiger partial charge on any atom is -0.444 e. The van der Waals surface area contributed by atoms with Crippen molar-refractivity contribution < 1.29 is 19.1 Å². The summed E-state index contributed by atoms with van der Waals surface area (Å²) in [4.78, 5) is 40.8. The van der Waals surface area contributed by atoms with Crippen LogP contribution in [0.25, 0.3) is 0 Å². The van der Waals surface area contributed by atoms with Gasteiger partial charge in [0, 0.05) is 22.5 Å². The molecule has 7 heteroatoms. The van der Waals surface area contributed by atoms with Crippen molar-refractivity contribution >= 4 is 41.1 Å². The van der Waals surface area contributed by atoms with Gasteiger partial charge in [-0.05, 0) is 63.2 Å². The van der Waals surface area contributed by atoms with Crippen molar-refractivity contribution in [3.8, 4) is 0 Å². The highest BCUT2D eigenvalue weighted by Gasteiger charge is 2.16. The average Bonchev–Trinajstić information content (AvgIpc) is 2.77. The number of aliphatic imine (C=N–C) groups is 1. The first kappa shape index (κ1) is 23.4. The van der Waals surface area contributed by atoms with E-state index in [1.165, 1.54) is 6.21 Å². The lowest BCUT2D eigenvalue weighted by Crippen LogP contribution is -2.27. The SMILES string of the molecule is CC(C)(C)OC(=O)Nc1ccc(C(=O)Nc2cccc(/N=C/C(=O)c3ccccc3)c2)cc1. The normalized spacial score (nSPS) is 11.1. The molecule has 0 spiro atoms. The molecule has 3 aromatic carbocycles. The highest BCUT2D eigenvalue weighted by atomic mass is 16.6. The molecule has 2 N–H and O–H groups in total. The number of rotatable bonds is 6. The lowest BCUT2D eigenvalue weighted by Gasteiger charge is -2.19. The van der Waals surface area contributed by atoms with Gasteiger partial charge in [0.15, 0.2) is 0 Å². The number of anilines is 2. The summed E-state index contributed by atoms with van der Waals surface area (Å²) in [7, 11) is 0. The van der Waals surface area contributed by atoms with Gasteiger partial charge in [0.2, 0.25) is 5.78 Å². The van der Waals surface area contributed by atoms with Crippen LogP contribution in [0.2, 0.25) is 0 Å². The monoisotopic (exact) mass is 443 g/mol. The van der Waals surface area contributed by atoms with Crippen LogP contribution in [-0.2, 0) is 4.74 Å². The van der Waals surface area contributed by atoms with Gasteiger partial charge in [0.1, 0.15) is 5.60 Å². The molecule has 2 amide bonds. The van der Waals surface area contributed by atoms with Crippen LogP contribution in [-0.4, -0.2) is 29.6 Å². The lowest BCUT2D eigenvalue weighted by atomic mass is 10.1. The number of benzene rings is 3. The van der Waals surface area contributed by atoms with Crippen LogP contribution in [0.4, 0.5) is 21.9 Å². The Morgan fingerprint density at radius 2 is 1.48 bits per heavy atom. The molecule has 0 bridgehead atoms. The van der Waals surface area contributed by atoms with Gasteiger partial charge < -0.3 is 10.1 Å². The van der Waals surface area contributed by atoms with Gasteiger partial charge in [0.25, 0.3) is 5.91 Å². The summed E-state index contributed by atoms with van der Waals surface area (Å²) in [6.07, 6.45) is 0.690. The molecule has 0 unspecified atom stereocenters. The predicted octanol–water partition coefficient (Wildman–Crippen LogP) is 5.87. The minimum atomic E-state index is -0.600. The first-order valence-corrected chi connectivity index (χ1v) is 10.3. The number of nitrogens with zero attached hydrogens (tertiary/aromatic N) is 1. The topological polar surface area (TPSA) is 96.9 Å². The number of hydrogen-bond acceptors (Lipinski definition) is 5. The number of nitrogens with one attached hydrogen (secondary N) is 2. The van der Waals surface area contributed by atoms with Gasteiger partial charge in [-0.2, -0.15) is 0 Å². The summed E-state index contributed by atoms with van der Waals surface area (Å²) in [5, 5.41) is 5.42. The molecule has 168 valence electrons. The van der Waals surface area contributed by atoms with Crippen LogP contribution < -0.4 is 10.6 Å². The highest BCUT2D eigenvalue weighted by Crippen LogP contribution is 2.19. The Bertz CT molecular complexity index is 1160. The standard InChI is InChI=1S/C26H25N3O4/c1-26(2,3)33-25(32)29-20-14-12-19(13-15-20)24(31)28-22-11-7-10-21(16-22)27-17-23(30)18-8-5-4-6-9-18/h4-17H,1-3H3,(H,28,31)(H,29,32)/b27-17+. The van der Waals surface area contributed by atoms with E-state index in [1.54, 1.807) is 93.6 Å². The fourth-order valence-corrected chi connectivity index (χ4v) is 2.80. The molecule has 7 nitrogen and oxygen atoms in total. The first-order valence-electron chi connectivity index (χ1n) is 10.3. The molecule has 0 aliphatic carbocycles. The second-order valence-corrected chi connectivity index (χ2v) is 8.20. The number of ketones is 1. The van der Waals surface area contributed by atoms with E-state index in [9.17, 15) is 14.4 Å². The smallest absolute Gasteiger partial charge is 0.412 e. The van der Waals surface area contributed by atoms with Crippen molar-refractivity contribution in [2.45, 2.75) is 26.4 Å². The minimum absolute atomic E-state index is 0.204. The number of carbonyl (C=O) groups excluding carboxylic acids is 3. The fraction of sp³-hybridized carbons (Fsp3) is 0.154. The van der Waals surface area contributed by atoms with E-state index < -0.39 is 11.7 Å². The second-order valence-electron chi connectivity index (χ2n) is 8.20. The third-order valence-corrected chi connectivity index (χ3v) is 4.29. The molecular formula is C26H25N3O4. The van der Waals surface area contributed by atoms with E-state index >= 15 is 0 Å². The fourth-order valence-electron chi connectivity index (χ4n) is 2.80. The van der Waals surface area contributed by atoms with E-state index in [2.05, 4.69) is 15.6 Å². The summed E-state index contributed by atoms with van der Waals surface area (Å²) in [5.74, 6) is -0.523. The Kier molecular flexibility index (Phi) is 7.35. The Morgan fingerprint density at radius 3 is 2.15 bits per heavy atom. The van der Waals surface area contributed by atoms with Crippen molar-refractivity contribution in [2.24, 2.45) is 4.99 Å². The molecule has 3 rings (SSSR count). The van der Waals surface area contributed by atoms with Gasteiger partial charge in [-0.25, -0.2) is 4.79 Å². The Morgan fingerprint density at radius 1 is 0.788 bits per heavy atom. The van der Waals surface area contributed by atoms with E-state index in [4.69, 9.17) is 4.74 Å². The molecule has 0 heterocycles. The van der Waals surface area contributed by atoms with Crippen LogP contribution >= 0.6 is 0 Å². The maximum Gasteiger partial charge on any atom is 0.412 e. The van der Waals surface area contributed by atoms with Crippen molar-refractivity contribution in [1.82, 2.24) is 0 Å². The first-order chi connectivity index (χ1) is 15.7. The number of amides is 2. The van der Waals surface area contributed by atoms with Crippen LogP contribution in [0.3, 0.4) is 0 Å². The van der Waals surface area contributed by atoms with E-state index in [-0.39, 0.29) is 11.7 Å². The van der Waals surface area contributed by atoms with Gasteiger partial charge >= 0.3 is 6.09 Å². The Balaban J connectivity index is 1.61. The molecule has 3 aromatic rings. The number of hydrogen-bond donors (Lipinski definition) is 2. The van der Waals surface area contributed by atoms with Crippen molar-refractivity contribution in [2.75, 3.05) is 10.6 Å². The van der Waals surface area contributed by atoms with Gasteiger partial charge in [-0.3, -0.25) is 19.9 Å². The van der Waals surface area contributed by atoms with Crippen molar-refractivity contribution in [1.29, 1.82) is 0 Å². The summed E-state index contributed by atoms with van der Waals surface area (Å²) in [6.45, 7) is 5.34. The van der Waals surface area contributed by atoms with E-state index in [0.29, 0.717) is 28.2 Å². The molecule has 0 aliphatic heterocycles. The summed E-state index contributed by atoms with van der Waals surface area (Å²) in [5.41, 5.74) is 1.96. The van der Waals surface area contributed by atoms with Crippen LogP contribution in [0.1, 0.15) is 41.5 Å². The molecule has 0 fully saturated rings. The number of carbonyl (C=O) groups is 3. The van der Waals surface area contributed by atoms with Crippen LogP contribution in [0, 0.1) is 0 Å². The molecule has 0 atom stereocenters. The third kappa shape index (κ3) is 7.43. The zero-order chi connectivity index (χ0) is 23.8. The molecule has 0 saturated heterocycles. The molecule has 0 aliphatic rings. The third-order valence-electron chi connectivity index (χ3n) is 4.29. The zero-order valence-corrected chi connectivity index (χ0v) is 18.7. The lowest BCUT2D eigenvalue weighted by molar-refractivity contribution is 0.0635. The molecular weight excluding hydrogens is 418 g/mol. The van der Waals surface area contributed by atoms with Gasteiger partial charge in [-0.15, -0.1) is 0 Å². The molecule has 0 saturated carbocycles. The number of Topliss-reactive ketones (excluding diaryl/α,β-unsaturated/α-hetero) is 1. The second kappa shape index (κ2) is 10.4. The average molecular weight is 444 g/mol. The Labute approximate surface area is 192 Å². The molecule has 0 aromatic heterocycles. The largest absolute Gasteiger partial charge is 0.444 e. The van der Waals surface area contributed by atoms with Crippen molar-refractivity contribution in [3.05, 3.63) is 90.0 Å². The van der Waals surface area contributed by atoms with E-state index in [0.717, 1.165) is 0 Å². The Hall–Kier alpha value is -4.26. The van der Waals surface area contributed by atoms with Gasteiger partial charge in [-0.1, -0.05) is 36.4 Å². The highest BCUT2D eigenvalue weighted by molar-refractivity contribution is 6.35. The zero-order valence-electron chi connectivity index (χ0n) is 18.7. The molecule has 0 radical (unpaired) electrons. The van der Waals surface area contributed by atoms with E-state index in [1.807, 2.05) is 6.07 Å². The van der Waals surface area contributed by atoms with Gasteiger partial charge in [0.05, 0.1) is 11.9 Å². The van der Waals surface area contributed by atoms with Crippen molar-refractivity contribution in [3.63, 3.8) is 0 Å². The van der Waals surface area contributed by atoms with Crippen LogP contribution in [0.5, 0.6) is 0 Å². The maximum atomic E-state index is 12.6. The summed E-state index contributed by atoms with van der Waals surface area (Å²) in [6, 6.07) is 22.2. The maximum absolute atomic E-state index is 12.6.